The molecule has 2 atom stereocenters. The van der Waals surface area contributed by atoms with Gasteiger partial charge in [-0.3, -0.25) is 5.21 Å². The zero-order valence-electron chi connectivity index (χ0n) is 14.2. The zero-order valence-corrected chi connectivity index (χ0v) is 15.2. The normalized spacial score (nSPS) is 26.7. The molecule has 2 heterocycles. The summed E-state index contributed by atoms with van der Waals surface area (Å²) in [5.41, 5.74) is 1.66. The van der Waals surface area contributed by atoms with Crippen molar-refractivity contribution in [1.29, 1.82) is 0 Å². The Bertz CT molecular complexity index is 379. The molecule has 2 fully saturated rings. The lowest BCUT2D eigenvalue weighted by atomic mass is 10.2. The lowest BCUT2D eigenvalue weighted by Crippen LogP contribution is -2.51. The van der Waals surface area contributed by atoms with Gasteiger partial charge < -0.3 is 9.33 Å². The lowest BCUT2D eigenvalue weighted by Gasteiger charge is -2.44. The zero-order chi connectivity index (χ0) is 15.9. The van der Waals surface area contributed by atoms with Crippen LogP contribution in [0.25, 0.3) is 0 Å². The topological polar surface area (TPSA) is 53.0 Å². The fourth-order valence-corrected chi connectivity index (χ4v) is 10.1. The standard InChI is InChI=1S/C15H30N2O3Si/c1-10(2)21(11(3)4,12(5)6)20-14-7-13-8-17(19)15(18)16(13)9-14/h10-14,19H,7-9H2,1-6H3/t13-,14-/m0/s1. The van der Waals surface area contributed by atoms with Gasteiger partial charge in [0, 0.05) is 6.54 Å². The molecule has 5 nitrogen and oxygen atoms in total. The van der Waals surface area contributed by atoms with Gasteiger partial charge in [-0.2, -0.15) is 0 Å². The number of hydrogen-bond acceptors (Lipinski definition) is 3. The number of hydrogen-bond donors (Lipinski definition) is 1. The molecule has 0 radical (unpaired) electrons. The summed E-state index contributed by atoms with van der Waals surface area (Å²) in [6.07, 6.45) is 0.982. The lowest BCUT2D eigenvalue weighted by molar-refractivity contribution is -0.0312. The number of urea groups is 1. The minimum absolute atomic E-state index is 0.116. The molecule has 122 valence electrons. The minimum atomic E-state index is -1.89. The Morgan fingerprint density at radius 3 is 2.05 bits per heavy atom. The van der Waals surface area contributed by atoms with Crippen molar-refractivity contribution in [2.45, 2.75) is 76.7 Å². The van der Waals surface area contributed by atoms with Crippen LogP contribution in [0.2, 0.25) is 16.6 Å². The van der Waals surface area contributed by atoms with Crippen LogP contribution < -0.4 is 0 Å². The first-order chi connectivity index (χ1) is 9.70. The van der Waals surface area contributed by atoms with Crippen molar-refractivity contribution < 1.29 is 14.4 Å². The van der Waals surface area contributed by atoms with E-state index in [0.717, 1.165) is 11.5 Å². The summed E-state index contributed by atoms with van der Waals surface area (Å²) >= 11 is 0. The smallest absolute Gasteiger partial charge is 0.344 e. The van der Waals surface area contributed by atoms with Gasteiger partial charge in [0.05, 0.1) is 18.7 Å². The number of hydroxylamine groups is 2. The van der Waals surface area contributed by atoms with E-state index in [1.807, 2.05) is 0 Å². The summed E-state index contributed by atoms with van der Waals surface area (Å²) in [5, 5.41) is 10.3. The maximum atomic E-state index is 11.9. The van der Waals surface area contributed by atoms with E-state index in [0.29, 0.717) is 29.7 Å². The van der Waals surface area contributed by atoms with Crippen molar-refractivity contribution in [3.63, 3.8) is 0 Å². The van der Waals surface area contributed by atoms with E-state index in [9.17, 15) is 10.0 Å². The van der Waals surface area contributed by atoms with Crippen LogP contribution >= 0.6 is 0 Å². The molecule has 2 saturated heterocycles. The highest BCUT2D eigenvalue weighted by Crippen LogP contribution is 2.44. The first-order valence-electron chi connectivity index (χ1n) is 8.14. The van der Waals surface area contributed by atoms with Crippen LogP contribution in [-0.2, 0) is 4.43 Å². The molecule has 2 amide bonds. The number of carbonyl (C=O) groups is 1. The molecule has 2 aliphatic rings. The molecule has 0 aliphatic carbocycles. The minimum Gasteiger partial charge on any atom is -0.411 e. The van der Waals surface area contributed by atoms with Gasteiger partial charge >= 0.3 is 6.03 Å². The third kappa shape index (κ3) is 2.73. The second-order valence-corrected chi connectivity index (χ2v) is 12.9. The Morgan fingerprint density at radius 2 is 1.62 bits per heavy atom. The molecule has 6 heteroatoms. The summed E-state index contributed by atoms with van der Waals surface area (Å²) in [5.74, 6) is 0. The molecule has 0 aromatic heterocycles. The summed E-state index contributed by atoms with van der Waals surface area (Å²) in [6.45, 7) is 14.7. The second-order valence-electron chi connectivity index (χ2n) is 7.46. The Hall–Kier alpha value is -0.593. The average molecular weight is 315 g/mol. The van der Waals surface area contributed by atoms with Crippen molar-refractivity contribution in [3.05, 3.63) is 0 Å². The molecule has 0 saturated carbocycles. The molecule has 1 N–H and O–H groups in total. The van der Waals surface area contributed by atoms with E-state index in [-0.39, 0.29) is 18.2 Å². The molecule has 0 bridgehead atoms. The predicted molar refractivity (Wildman–Crippen MR) is 84.9 cm³/mol. The molecule has 21 heavy (non-hydrogen) atoms. The van der Waals surface area contributed by atoms with Crippen LogP contribution in [0.4, 0.5) is 4.79 Å². The SMILES string of the molecule is CC(C)[Si](O[C@H]1C[C@H]2CN(O)C(=O)N2C1)(C(C)C)C(C)C. The van der Waals surface area contributed by atoms with E-state index in [4.69, 9.17) is 4.43 Å². The van der Waals surface area contributed by atoms with Crippen molar-refractivity contribution in [2.24, 2.45) is 0 Å². The molecule has 0 spiro atoms. The quantitative estimate of drug-likeness (QED) is 0.624. The van der Waals surface area contributed by atoms with Crippen LogP contribution in [0.5, 0.6) is 0 Å². The predicted octanol–water partition coefficient (Wildman–Crippen LogP) is 3.45. The van der Waals surface area contributed by atoms with Gasteiger partial charge in [0.2, 0.25) is 8.32 Å². The highest BCUT2D eigenvalue weighted by atomic mass is 28.4. The highest BCUT2D eigenvalue weighted by molar-refractivity contribution is 6.77. The van der Waals surface area contributed by atoms with Crippen LogP contribution in [0.1, 0.15) is 48.0 Å². The number of rotatable bonds is 5. The number of nitrogens with zero attached hydrogens (tertiary/aromatic N) is 2. The maximum Gasteiger partial charge on any atom is 0.344 e. The van der Waals surface area contributed by atoms with E-state index < -0.39 is 8.32 Å². The van der Waals surface area contributed by atoms with Gasteiger partial charge in [0.15, 0.2) is 0 Å². The maximum absolute atomic E-state index is 11.9. The van der Waals surface area contributed by atoms with Gasteiger partial charge in [-0.05, 0) is 23.0 Å². The first-order valence-corrected chi connectivity index (χ1v) is 10.3. The Kier molecular flexibility index (Phi) is 4.71. The number of carbonyl (C=O) groups excluding carboxylic acids is 1. The van der Waals surface area contributed by atoms with Gasteiger partial charge in [-0.15, -0.1) is 0 Å². The van der Waals surface area contributed by atoms with E-state index >= 15 is 0 Å². The Morgan fingerprint density at radius 1 is 1.10 bits per heavy atom. The van der Waals surface area contributed by atoms with Crippen molar-refractivity contribution in [3.8, 4) is 0 Å². The van der Waals surface area contributed by atoms with Gasteiger partial charge in [0.25, 0.3) is 0 Å². The third-order valence-corrected chi connectivity index (χ3v) is 11.5. The molecule has 2 rings (SSSR count). The first kappa shape index (κ1) is 16.8. The average Bonchev–Trinajstić information content (AvgIpc) is 2.86. The summed E-state index contributed by atoms with van der Waals surface area (Å²) in [4.78, 5) is 13.6. The molecular weight excluding hydrogens is 284 g/mol. The number of amides is 2. The van der Waals surface area contributed by atoms with Gasteiger partial charge in [-0.25, -0.2) is 9.86 Å². The van der Waals surface area contributed by atoms with Crippen molar-refractivity contribution in [1.82, 2.24) is 9.96 Å². The van der Waals surface area contributed by atoms with Crippen LogP contribution in [0, 0.1) is 0 Å². The van der Waals surface area contributed by atoms with Crippen molar-refractivity contribution >= 4 is 14.3 Å². The largest absolute Gasteiger partial charge is 0.411 e. The van der Waals surface area contributed by atoms with E-state index in [1.54, 1.807) is 4.90 Å². The molecule has 2 aliphatic heterocycles. The summed E-state index contributed by atoms with van der Waals surface area (Å²) in [7, 11) is -1.89. The van der Waals surface area contributed by atoms with E-state index in [2.05, 4.69) is 41.5 Å². The van der Waals surface area contributed by atoms with Gasteiger partial charge in [-0.1, -0.05) is 41.5 Å². The van der Waals surface area contributed by atoms with Crippen LogP contribution in [0.3, 0.4) is 0 Å². The molecular formula is C15H30N2O3Si. The fraction of sp³-hybridized carbons (Fsp3) is 0.933. The van der Waals surface area contributed by atoms with Gasteiger partial charge in [0.1, 0.15) is 0 Å². The van der Waals surface area contributed by atoms with Crippen LogP contribution in [0.15, 0.2) is 0 Å². The second kappa shape index (κ2) is 5.89. The number of fused-ring (bicyclic) bond motifs is 1. The molecule has 0 aromatic carbocycles. The van der Waals surface area contributed by atoms with Crippen molar-refractivity contribution in [2.75, 3.05) is 13.1 Å². The Balaban J connectivity index is 2.12. The highest BCUT2D eigenvalue weighted by Gasteiger charge is 2.50. The Labute approximate surface area is 129 Å². The monoisotopic (exact) mass is 314 g/mol. The molecule has 0 aromatic rings. The summed E-state index contributed by atoms with van der Waals surface area (Å²) in [6, 6.07) is -0.150. The third-order valence-electron chi connectivity index (χ3n) is 5.30. The fourth-order valence-electron chi connectivity index (χ4n) is 4.49. The van der Waals surface area contributed by atoms with E-state index in [1.165, 1.54) is 0 Å². The van der Waals surface area contributed by atoms with Crippen LogP contribution in [-0.4, -0.2) is 54.8 Å². The molecule has 0 unspecified atom stereocenters. The summed E-state index contributed by atoms with van der Waals surface area (Å²) < 4.78 is 6.75.